The van der Waals surface area contributed by atoms with Crippen LogP contribution in [0.2, 0.25) is 0 Å². The predicted molar refractivity (Wildman–Crippen MR) is 76.8 cm³/mol. The second kappa shape index (κ2) is 7.88. The molecule has 0 fully saturated rings. The Morgan fingerprint density at radius 1 is 1.28 bits per heavy atom. The second-order valence-corrected chi connectivity index (χ2v) is 4.83. The number of nitrogens with one attached hydrogen (secondary N) is 1. The van der Waals surface area contributed by atoms with Crippen LogP contribution in [0.5, 0.6) is 0 Å². The van der Waals surface area contributed by atoms with Crippen molar-refractivity contribution in [2.75, 3.05) is 24.5 Å². The van der Waals surface area contributed by atoms with Crippen molar-refractivity contribution >= 4 is 11.6 Å². The van der Waals surface area contributed by atoms with E-state index in [9.17, 15) is 4.79 Å². The van der Waals surface area contributed by atoms with E-state index in [0.717, 1.165) is 18.7 Å². The first-order valence-electron chi connectivity index (χ1n) is 6.71. The van der Waals surface area contributed by atoms with Crippen molar-refractivity contribution in [2.24, 2.45) is 5.92 Å². The monoisotopic (exact) mass is 248 g/mol. The Morgan fingerprint density at radius 3 is 2.50 bits per heavy atom. The molecule has 1 aromatic rings. The molecule has 0 radical (unpaired) electrons. The molecule has 1 amide bonds. The minimum absolute atomic E-state index is 0.132. The number of amides is 1. The fraction of sp³-hybridized carbons (Fsp3) is 0.533. The van der Waals surface area contributed by atoms with Gasteiger partial charge in [0.25, 0.3) is 0 Å². The highest BCUT2D eigenvalue weighted by Crippen LogP contribution is 2.12. The largest absolute Gasteiger partial charge is 0.312 e. The number of nitrogens with zero attached hydrogens (tertiary/aromatic N) is 1. The van der Waals surface area contributed by atoms with Crippen LogP contribution >= 0.6 is 0 Å². The van der Waals surface area contributed by atoms with Crippen molar-refractivity contribution < 1.29 is 4.79 Å². The first-order valence-corrected chi connectivity index (χ1v) is 6.71. The van der Waals surface area contributed by atoms with Crippen LogP contribution < -0.4 is 10.2 Å². The summed E-state index contributed by atoms with van der Waals surface area (Å²) in [5, 5.41) is 3.21. The number of para-hydroxylation sites is 1. The summed E-state index contributed by atoms with van der Waals surface area (Å²) in [6.45, 7) is 8.39. The third-order valence-corrected chi connectivity index (χ3v) is 2.86. The Morgan fingerprint density at radius 2 is 1.94 bits per heavy atom. The summed E-state index contributed by atoms with van der Waals surface area (Å²) in [6, 6.07) is 9.81. The van der Waals surface area contributed by atoms with Crippen molar-refractivity contribution in [1.82, 2.24) is 5.32 Å². The van der Waals surface area contributed by atoms with E-state index >= 15 is 0 Å². The Hall–Kier alpha value is -1.35. The van der Waals surface area contributed by atoms with Crippen LogP contribution in [0.3, 0.4) is 0 Å². The second-order valence-electron chi connectivity index (χ2n) is 4.83. The Kier molecular flexibility index (Phi) is 6.44. The van der Waals surface area contributed by atoms with Crippen molar-refractivity contribution in [3.8, 4) is 0 Å². The molecule has 1 aromatic carbocycles. The molecule has 0 aliphatic rings. The van der Waals surface area contributed by atoms with Gasteiger partial charge in [0.05, 0.1) is 6.54 Å². The van der Waals surface area contributed by atoms with Crippen LogP contribution in [-0.4, -0.2) is 25.5 Å². The summed E-state index contributed by atoms with van der Waals surface area (Å²) < 4.78 is 0. The van der Waals surface area contributed by atoms with Gasteiger partial charge in [-0.05, 0) is 37.9 Å². The van der Waals surface area contributed by atoms with Crippen LogP contribution in [0.4, 0.5) is 5.69 Å². The van der Waals surface area contributed by atoms with Gasteiger partial charge < -0.3 is 10.2 Å². The van der Waals surface area contributed by atoms with Crippen LogP contribution in [-0.2, 0) is 4.79 Å². The summed E-state index contributed by atoms with van der Waals surface area (Å²) in [6.07, 6.45) is 1.10. The highest BCUT2D eigenvalue weighted by molar-refractivity contribution is 5.94. The maximum absolute atomic E-state index is 12.1. The van der Waals surface area contributed by atoms with E-state index < -0.39 is 0 Å². The maximum Gasteiger partial charge on any atom is 0.240 e. The summed E-state index contributed by atoms with van der Waals surface area (Å²) in [5.41, 5.74) is 0.968. The number of rotatable bonds is 7. The molecular weight excluding hydrogens is 224 g/mol. The smallest absolute Gasteiger partial charge is 0.240 e. The van der Waals surface area contributed by atoms with Crippen molar-refractivity contribution in [3.63, 3.8) is 0 Å². The molecule has 0 heterocycles. The van der Waals surface area contributed by atoms with Gasteiger partial charge in [-0.15, -0.1) is 0 Å². The normalized spacial score (nSPS) is 10.7. The lowest BCUT2D eigenvalue weighted by Gasteiger charge is -2.21. The average molecular weight is 248 g/mol. The molecule has 0 unspecified atom stereocenters. The molecule has 0 aliphatic heterocycles. The van der Waals surface area contributed by atoms with Crippen molar-refractivity contribution in [2.45, 2.75) is 27.2 Å². The van der Waals surface area contributed by atoms with Crippen LogP contribution in [0, 0.1) is 5.92 Å². The fourth-order valence-electron chi connectivity index (χ4n) is 1.79. The highest BCUT2D eigenvalue weighted by Gasteiger charge is 2.12. The number of benzene rings is 1. The molecule has 1 N–H and O–H groups in total. The zero-order valence-electron chi connectivity index (χ0n) is 11.6. The first kappa shape index (κ1) is 14.7. The van der Waals surface area contributed by atoms with Gasteiger partial charge in [-0.1, -0.05) is 32.0 Å². The summed E-state index contributed by atoms with van der Waals surface area (Å²) in [7, 11) is 0. The molecule has 0 saturated heterocycles. The van der Waals surface area contributed by atoms with E-state index in [1.54, 1.807) is 0 Å². The van der Waals surface area contributed by atoms with E-state index in [-0.39, 0.29) is 5.91 Å². The molecule has 0 aromatic heterocycles. The van der Waals surface area contributed by atoms with E-state index in [0.29, 0.717) is 19.0 Å². The SMILES string of the molecule is CCN(C(=O)CNCCC(C)C)c1ccccc1. The fourth-order valence-corrected chi connectivity index (χ4v) is 1.79. The topological polar surface area (TPSA) is 32.3 Å². The molecule has 1 rings (SSSR count). The lowest BCUT2D eigenvalue weighted by Crippen LogP contribution is -2.38. The predicted octanol–water partition coefficient (Wildman–Crippen LogP) is 2.68. The standard InChI is InChI=1S/C15H24N2O/c1-4-17(14-8-6-5-7-9-14)15(18)12-16-11-10-13(2)3/h5-9,13,16H,4,10-12H2,1-3H3. The number of hydrogen-bond acceptors (Lipinski definition) is 2. The van der Waals surface area contributed by atoms with Crippen LogP contribution in [0.1, 0.15) is 27.2 Å². The highest BCUT2D eigenvalue weighted by atomic mass is 16.2. The number of anilines is 1. The van der Waals surface area contributed by atoms with Crippen molar-refractivity contribution in [1.29, 1.82) is 0 Å². The summed E-state index contributed by atoms with van der Waals surface area (Å²) >= 11 is 0. The van der Waals surface area contributed by atoms with E-state index in [1.807, 2.05) is 42.2 Å². The first-order chi connectivity index (χ1) is 8.65. The van der Waals surface area contributed by atoms with Gasteiger partial charge in [-0.25, -0.2) is 0 Å². The van der Waals surface area contributed by atoms with Gasteiger partial charge in [0.15, 0.2) is 0 Å². The van der Waals surface area contributed by atoms with E-state index in [4.69, 9.17) is 0 Å². The van der Waals surface area contributed by atoms with E-state index in [2.05, 4.69) is 19.2 Å². The minimum Gasteiger partial charge on any atom is -0.312 e. The van der Waals surface area contributed by atoms with Gasteiger partial charge in [-0.3, -0.25) is 4.79 Å². The summed E-state index contributed by atoms with van der Waals surface area (Å²) in [4.78, 5) is 13.9. The molecule has 0 saturated carbocycles. The van der Waals surface area contributed by atoms with Gasteiger partial charge in [0, 0.05) is 12.2 Å². The molecule has 0 spiro atoms. The lowest BCUT2D eigenvalue weighted by atomic mass is 10.1. The quantitative estimate of drug-likeness (QED) is 0.752. The molecule has 0 atom stereocenters. The van der Waals surface area contributed by atoms with Crippen LogP contribution in [0.25, 0.3) is 0 Å². The van der Waals surface area contributed by atoms with Gasteiger partial charge >= 0.3 is 0 Å². The third-order valence-electron chi connectivity index (χ3n) is 2.86. The Bertz CT molecular complexity index is 349. The van der Waals surface area contributed by atoms with Crippen LogP contribution in [0.15, 0.2) is 30.3 Å². The van der Waals surface area contributed by atoms with Gasteiger partial charge in [0.2, 0.25) is 5.91 Å². The van der Waals surface area contributed by atoms with Gasteiger partial charge in [-0.2, -0.15) is 0 Å². The number of hydrogen-bond donors (Lipinski definition) is 1. The van der Waals surface area contributed by atoms with Gasteiger partial charge in [0.1, 0.15) is 0 Å². The summed E-state index contributed by atoms with van der Waals surface area (Å²) in [5.74, 6) is 0.802. The third kappa shape index (κ3) is 4.88. The molecule has 0 bridgehead atoms. The molecule has 0 aliphatic carbocycles. The molecular formula is C15H24N2O. The molecule has 3 heteroatoms. The minimum atomic E-state index is 0.132. The average Bonchev–Trinajstić information content (AvgIpc) is 2.36. The Labute approximate surface area is 110 Å². The maximum atomic E-state index is 12.1. The van der Waals surface area contributed by atoms with E-state index in [1.165, 1.54) is 0 Å². The Balaban J connectivity index is 2.43. The number of carbonyl (C=O) groups is 1. The van der Waals surface area contributed by atoms with Crippen molar-refractivity contribution in [3.05, 3.63) is 30.3 Å². The lowest BCUT2D eigenvalue weighted by molar-refractivity contribution is -0.117. The zero-order chi connectivity index (χ0) is 13.4. The molecule has 100 valence electrons. The zero-order valence-corrected chi connectivity index (χ0v) is 11.6. The number of likely N-dealkylation sites (N-methyl/N-ethyl adjacent to an activating group) is 1. The molecule has 3 nitrogen and oxygen atoms in total. The molecule has 18 heavy (non-hydrogen) atoms. The number of carbonyl (C=O) groups excluding carboxylic acids is 1.